The Morgan fingerprint density at radius 2 is 1.69 bits per heavy atom. The number of carbonyl (C=O) groups is 3. The van der Waals surface area contributed by atoms with Crippen molar-refractivity contribution in [3.8, 4) is 0 Å². The van der Waals surface area contributed by atoms with Crippen molar-refractivity contribution < 1.29 is 14.4 Å². The first-order valence-electron chi connectivity index (χ1n) is 4.89. The summed E-state index contributed by atoms with van der Waals surface area (Å²) in [5, 5.41) is 2.29. The maximum atomic E-state index is 11.5. The molecule has 0 aliphatic heterocycles. The minimum Gasteiger partial charge on any atom is -0.370 e. The largest absolute Gasteiger partial charge is 0.370 e. The van der Waals surface area contributed by atoms with Gasteiger partial charge in [0.15, 0.2) is 0 Å². The molecule has 0 aromatic carbocycles. The summed E-state index contributed by atoms with van der Waals surface area (Å²) in [6.45, 7) is 3.52. The van der Waals surface area contributed by atoms with Crippen molar-refractivity contribution in [3.63, 3.8) is 0 Å². The van der Waals surface area contributed by atoms with E-state index < -0.39 is 29.8 Å². The number of hydrogen-bond donors (Lipinski definition) is 4. The summed E-state index contributed by atoms with van der Waals surface area (Å²) in [4.78, 5) is 33.0. The maximum absolute atomic E-state index is 11.5. The third-order valence-electron chi connectivity index (χ3n) is 2.09. The third-order valence-corrected chi connectivity index (χ3v) is 2.09. The van der Waals surface area contributed by atoms with Crippen LogP contribution in [0.25, 0.3) is 0 Å². The van der Waals surface area contributed by atoms with Gasteiger partial charge in [0, 0.05) is 0 Å². The second-order valence-corrected chi connectivity index (χ2v) is 3.90. The Morgan fingerprint density at radius 3 is 2.00 bits per heavy atom. The molecule has 0 saturated carbocycles. The van der Waals surface area contributed by atoms with Crippen molar-refractivity contribution in [1.82, 2.24) is 5.32 Å². The lowest BCUT2D eigenvalue weighted by Gasteiger charge is -2.19. The quantitative estimate of drug-likeness (QED) is 0.411. The van der Waals surface area contributed by atoms with Crippen molar-refractivity contribution in [2.24, 2.45) is 23.1 Å². The summed E-state index contributed by atoms with van der Waals surface area (Å²) in [5.74, 6) is -2.15. The molecule has 2 atom stereocenters. The van der Waals surface area contributed by atoms with Crippen LogP contribution in [0.1, 0.15) is 20.3 Å². The highest BCUT2D eigenvalue weighted by Gasteiger charge is 2.24. The molecule has 0 saturated heterocycles. The van der Waals surface area contributed by atoms with Crippen LogP contribution in [-0.4, -0.2) is 29.8 Å². The number of rotatable bonds is 6. The average molecular weight is 230 g/mol. The van der Waals surface area contributed by atoms with E-state index in [4.69, 9.17) is 17.2 Å². The van der Waals surface area contributed by atoms with Crippen LogP contribution in [0.15, 0.2) is 0 Å². The molecule has 0 heterocycles. The molecule has 0 bridgehead atoms. The first-order valence-corrected chi connectivity index (χ1v) is 4.89. The van der Waals surface area contributed by atoms with Gasteiger partial charge in [-0.1, -0.05) is 13.8 Å². The summed E-state index contributed by atoms with van der Waals surface area (Å²) in [5.41, 5.74) is 15.5. The molecule has 0 aromatic rings. The van der Waals surface area contributed by atoms with Gasteiger partial charge in [-0.15, -0.1) is 0 Å². The predicted octanol–water partition coefficient (Wildman–Crippen LogP) is -2.18. The van der Waals surface area contributed by atoms with Gasteiger partial charge in [0.2, 0.25) is 17.7 Å². The Morgan fingerprint density at radius 1 is 1.19 bits per heavy atom. The van der Waals surface area contributed by atoms with Crippen LogP contribution in [0.2, 0.25) is 0 Å². The van der Waals surface area contributed by atoms with Gasteiger partial charge in [-0.3, -0.25) is 14.4 Å². The predicted molar refractivity (Wildman–Crippen MR) is 57.7 cm³/mol. The van der Waals surface area contributed by atoms with E-state index in [0.29, 0.717) is 0 Å². The summed E-state index contributed by atoms with van der Waals surface area (Å²) < 4.78 is 0. The molecule has 0 radical (unpaired) electrons. The third kappa shape index (κ3) is 4.74. The van der Waals surface area contributed by atoms with E-state index in [1.165, 1.54) is 0 Å². The zero-order valence-electron chi connectivity index (χ0n) is 9.40. The molecule has 0 aliphatic rings. The first kappa shape index (κ1) is 14.4. The number of nitrogens with one attached hydrogen (secondary N) is 1. The lowest BCUT2D eigenvalue weighted by Crippen LogP contribution is -2.53. The monoisotopic (exact) mass is 230 g/mol. The highest BCUT2D eigenvalue weighted by atomic mass is 16.2. The molecule has 0 unspecified atom stereocenters. The summed E-state index contributed by atoms with van der Waals surface area (Å²) in [6.07, 6.45) is -0.327. The first-order chi connectivity index (χ1) is 7.25. The number of nitrogens with two attached hydrogens (primary N) is 3. The second kappa shape index (κ2) is 6.06. The maximum Gasteiger partial charge on any atom is 0.240 e. The van der Waals surface area contributed by atoms with Gasteiger partial charge >= 0.3 is 0 Å². The molecule has 0 spiro atoms. The average Bonchev–Trinajstić information content (AvgIpc) is 2.14. The van der Waals surface area contributed by atoms with E-state index in [1.54, 1.807) is 13.8 Å². The van der Waals surface area contributed by atoms with Gasteiger partial charge in [-0.05, 0) is 5.92 Å². The van der Waals surface area contributed by atoms with Crippen LogP contribution >= 0.6 is 0 Å². The van der Waals surface area contributed by atoms with Crippen molar-refractivity contribution in [3.05, 3.63) is 0 Å². The van der Waals surface area contributed by atoms with E-state index in [0.717, 1.165) is 0 Å². The lowest BCUT2D eigenvalue weighted by molar-refractivity contribution is -0.130. The van der Waals surface area contributed by atoms with E-state index in [-0.39, 0.29) is 12.3 Å². The zero-order valence-corrected chi connectivity index (χ0v) is 9.40. The van der Waals surface area contributed by atoms with Gasteiger partial charge in [0.25, 0.3) is 0 Å². The van der Waals surface area contributed by atoms with Crippen molar-refractivity contribution in [1.29, 1.82) is 0 Å². The van der Waals surface area contributed by atoms with Crippen LogP contribution in [0.4, 0.5) is 0 Å². The SMILES string of the molecule is CC(C)[C@H](N)C(=O)N[C@@H](CC(N)=O)C(N)=O. The van der Waals surface area contributed by atoms with E-state index in [1.807, 2.05) is 0 Å². The van der Waals surface area contributed by atoms with Gasteiger partial charge in [0.1, 0.15) is 6.04 Å². The fourth-order valence-electron chi connectivity index (χ4n) is 0.995. The fraction of sp³-hybridized carbons (Fsp3) is 0.667. The number of carbonyl (C=O) groups excluding carboxylic acids is 3. The van der Waals surface area contributed by atoms with Crippen molar-refractivity contribution >= 4 is 17.7 Å². The number of hydrogen-bond acceptors (Lipinski definition) is 4. The summed E-state index contributed by atoms with van der Waals surface area (Å²) >= 11 is 0. The van der Waals surface area contributed by atoms with E-state index >= 15 is 0 Å². The summed E-state index contributed by atoms with van der Waals surface area (Å²) in [6, 6.07) is -1.86. The molecule has 7 N–H and O–H groups in total. The molecule has 7 nitrogen and oxygen atoms in total. The fourth-order valence-corrected chi connectivity index (χ4v) is 0.995. The van der Waals surface area contributed by atoms with Gasteiger partial charge < -0.3 is 22.5 Å². The molecule has 0 rings (SSSR count). The highest BCUT2D eigenvalue weighted by Crippen LogP contribution is 1.99. The minimum absolute atomic E-state index is 0.0814. The molecular weight excluding hydrogens is 212 g/mol. The Bertz CT molecular complexity index is 290. The van der Waals surface area contributed by atoms with E-state index in [9.17, 15) is 14.4 Å². The van der Waals surface area contributed by atoms with Gasteiger partial charge in [-0.25, -0.2) is 0 Å². The van der Waals surface area contributed by atoms with Crippen LogP contribution in [-0.2, 0) is 14.4 Å². The number of amides is 3. The standard InChI is InChI=1S/C9H18N4O3/c1-4(2)7(11)9(16)13-5(8(12)15)3-6(10)14/h4-5,7H,3,11H2,1-2H3,(H2,10,14)(H2,12,15)(H,13,16)/t5-,7-/m0/s1. The van der Waals surface area contributed by atoms with Crippen molar-refractivity contribution in [2.75, 3.05) is 0 Å². The van der Waals surface area contributed by atoms with E-state index in [2.05, 4.69) is 5.32 Å². The minimum atomic E-state index is -1.10. The van der Waals surface area contributed by atoms with Crippen molar-refractivity contribution in [2.45, 2.75) is 32.4 Å². The van der Waals surface area contributed by atoms with Crippen LogP contribution in [0.3, 0.4) is 0 Å². The molecule has 0 aliphatic carbocycles. The van der Waals surface area contributed by atoms with Gasteiger partial charge in [-0.2, -0.15) is 0 Å². The molecule has 3 amide bonds. The van der Waals surface area contributed by atoms with Crippen LogP contribution in [0.5, 0.6) is 0 Å². The Balaban J connectivity index is 4.46. The van der Waals surface area contributed by atoms with Gasteiger partial charge in [0.05, 0.1) is 12.5 Å². The normalized spacial score (nSPS) is 14.2. The molecule has 16 heavy (non-hydrogen) atoms. The molecule has 92 valence electrons. The number of primary amides is 2. The second-order valence-electron chi connectivity index (χ2n) is 3.90. The Labute approximate surface area is 93.7 Å². The van der Waals surface area contributed by atoms with Crippen LogP contribution in [0, 0.1) is 5.92 Å². The molecular formula is C9H18N4O3. The lowest BCUT2D eigenvalue weighted by atomic mass is 10.0. The molecule has 7 heteroatoms. The molecule has 0 aromatic heterocycles. The highest BCUT2D eigenvalue weighted by molar-refractivity contribution is 5.92. The molecule has 0 fully saturated rings. The Hall–Kier alpha value is -1.63. The zero-order chi connectivity index (χ0) is 12.9. The van der Waals surface area contributed by atoms with Crippen LogP contribution < -0.4 is 22.5 Å². The Kier molecular flexibility index (Phi) is 5.44. The summed E-state index contributed by atoms with van der Waals surface area (Å²) in [7, 11) is 0. The topological polar surface area (TPSA) is 141 Å². The smallest absolute Gasteiger partial charge is 0.240 e.